The van der Waals surface area contributed by atoms with Crippen molar-refractivity contribution in [2.24, 2.45) is 0 Å². The molecule has 0 bridgehead atoms. The highest BCUT2D eigenvalue weighted by molar-refractivity contribution is 5.73. The van der Waals surface area contributed by atoms with Gasteiger partial charge in [0.2, 0.25) is 0 Å². The molecule has 2 nitrogen and oxygen atoms in total. The van der Waals surface area contributed by atoms with Crippen LogP contribution in [0.5, 0.6) is 5.75 Å². The summed E-state index contributed by atoms with van der Waals surface area (Å²) in [5.41, 5.74) is -1.15. The van der Waals surface area contributed by atoms with Gasteiger partial charge in [0.15, 0.2) is 0 Å². The highest BCUT2D eigenvalue weighted by atomic mass is 19.4. The van der Waals surface area contributed by atoms with Gasteiger partial charge in [0.1, 0.15) is 5.75 Å². The molecule has 0 saturated heterocycles. The van der Waals surface area contributed by atoms with Crippen LogP contribution in [0.1, 0.15) is 17.0 Å². The Balaban J connectivity index is 1.92. The fraction of sp³-hybridized carbons (Fsp3) is 0.368. The van der Waals surface area contributed by atoms with Gasteiger partial charge >= 0.3 is 12.1 Å². The highest BCUT2D eigenvalue weighted by Gasteiger charge is 2.87. The van der Waals surface area contributed by atoms with E-state index >= 15 is 0 Å². The van der Waals surface area contributed by atoms with E-state index in [1.807, 2.05) is 0 Å². The van der Waals surface area contributed by atoms with E-state index in [2.05, 4.69) is 0 Å². The third kappa shape index (κ3) is 1.86. The predicted molar refractivity (Wildman–Crippen MR) is 87.0 cm³/mol. The van der Waals surface area contributed by atoms with Crippen molar-refractivity contribution >= 4 is 5.69 Å². The normalized spacial score (nSPS) is 27.1. The van der Waals surface area contributed by atoms with Crippen molar-refractivity contribution in [1.82, 2.24) is 0 Å². The first kappa shape index (κ1) is 17.1. The molecule has 1 saturated carbocycles. The van der Waals surface area contributed by atoms with Crippen LogP contribution in [0.2, 0.25) is 0 Å². The Kier molecular flexibility index (Phi) is 3.37. The van der Waals surface area contributed by atoms with Crippen molar-refractivity contribution in [3.05, 3.63) is 59.7 Å². The van der Waals surface area contributed by atoms with Crippen molar-refractivity contribution in [2.75, 3.05) is 19.1 Å². The van der Waals surface area contributed by atoms with Crippen LogP contribution in [-0.4, -0.2) is 32.3 Å². The molecule has 2 aliphatic rings. The number of hydrogen-bond acceptors (Lipinski definition) is 2. The molecule has 3 atom stereocenters. The van der Waals surface area contributed by atoms with Crippen LogP contribution in [0, 0.1) is 0 Å². The standard InChI is InChI=1S/C19H16F5NO/c1-25-14-6-4-3-5-13(14)15-16(25)17(15,18(20,21)19(22,23)24)11-7-9-12(26-2)10-8-11/h3-10,15-16H,1-2H3/t15-,16+,17+/m0/s1. The summed E-state index contributed by atoms with van der Waals surface area (Å²) in [6.45, 7) is 0. The molecule has 1 fully saturated rings. The zero-order valence-electron chi connectivity index (χ0n) is 14.0. The molecular formula is C19H16F5NO. The van der Waals surface area contributed by atoms with Crippen LogP contribution in [-0.2, 0) is 5.41 Å². The Morgan fingerprint density at radius 1 is 0.962 bits per heavy atom. The maximum absolute atomic E-state index is 14.8. The lowest BCUT2D eigenvalue weighted by Crippen LogP contribution is -2.52. The third-order valence-electron chi connectivity index (χ3n) is 5.68. The maximum Gasteiger partial charge on any atom is 0.454 e. The second-order valence-electron chi connectivity index (χ2n) is 6.76. The summed E-state index contributed by atoms with van der Waals surface area (Å²) in [7, 11) is 2.98. The molecule has 26 heavy (non-hydrogen) atoms. The first-order valence-corrected chi connectivity index (χ1v) is 8.08. The Morgan fingerprint density at radius 3 is 2.15 bits per heavy atom. The minimum Gasteiger partial charge on any atom is -0.497 e. The van der Waals surface area contributed by atoms with Gasteiger partial charge in [-0.05, 0) is 29.3 Å². The van der Waals surface area contributed by atoms with E-state index < -0.39 is 29.5 Å². The minimum absolute atomic E-state index is 0.0306. The second-order valence-corrected chi connectivity index (χ2v) is 6.76. The van der Waals surface area contributed by atoms with Crippen LogP contribution >= 0.6 is 0 Å². The van der Waals surface area contributed by atoms with Crippen molar-refractivity contribution in [3.63, 3.8) is 0 Å². The number of para-hydroxylation sites is 1. The van der Waals surface area contributed by atoms with Crippen molar-refractivity contribution in [1.29, 1.82) is 0 Å². The number of hydrogen-bond donors (Lipinski definition) is 0. The number of benzene rings is 2. The van der Waals surface area contributed by atoms with Crippen LogP contribution < -0.4 is 9.64 Å². The summed E-state index contributed by atoms with van der Waals surface area (Å²) < 4.78 is 74.9. The van der Waals surface area contributed by atoms with Gasteiger partial charge in [0.05, 0.1) is 18.6 Å². The summed E-state index contributed by atoms with van der Waals surface area (Å²) >= 11 is 0. The average molecular weight is 369 g/mol. The van der Waals surface area contributed by atoms with E-state index in [9.17, 15) is 22.0 Å². The molecule has 1 aliphatic carbocycles. The van der Waals surface area contributed by atoms with E-state index in [0.29, 0.717) is 17.0 Å². The summed E-state index contributed by atoms with van der Waals surface area (Å²) in [6, 6.07) is 11.3. The Morgan fingerprint density at radius 2 is 1.58 bits per heavy atom. The van der Waals surface area contributed by atoms with Gasteiger partial charge < -0.3 is 9.64 Å². The molecule has 0 amide bonds. The molecule has 2 aromatic rings. The number of rotatable bonds is 3. The zero-order chi connectivity index (χ0) is 18.9. The summed E-state index contributed by atoms with van der Waals surface area (Å²) in [5.74, 6) is -5.39. The Bertz CT molecular complexity index is 848. The highest BCUT2D eigenvalue weighted by Crippen LogP contribution is 2.76. The molecule has 1 aliphatic heterocycles. The molecule has 138 valence electrons. The maximum atomic E-state index is 14.8. The fourth-order valence-electron chi connectivity index (χ4n) is 4.55. The lowest BCUT2D eigenvalue weighted by atomic mass is 9.82. The van der Waals surface area contributed by atoms with Crippen LogP contribution in [0.25, 0.3) is 0 Å². The summed E-state index contributed by atoms with van der Waals surface area (Å²) in [6.07, 6.45) is -5.65. The van der Waals surface area contributed by atoms with E-state index in [1.54, 1.807) is 36.2 Å². The smallest absolute Gasteiger partial charge is 0.454 e. The first-order chi connectivity index (χ1) is 12.2. The van der Waals surface area contributed by atoms with Gasteiger partial charge in [-0.3, -0.25) is 0 Å². The molecule has 0 spiro atoms. The number of anilines is 1. The number of fused-ring (bicyclic) bond motifs is 3. The van der Waals surface area contributed by atoms with Gasteiger partial charge in [-0.1, -0.05) is 30.3 Å². The first-order valence-electron chi connectivity index (χ1n) is 8.08. The molecular weight excluding hydrogens is 353 g/mol. The summed E-state index contributed by atoms with van der Waals surface area (Å²) in [4.78, 5) is 1.55. The number of alkyl halides is 5. The average Bonchev–Trinajstić information content (AvgIpc) is 3.23. The van der Waals surface area contributed by atoms with Gasteiger partial charge in [-0.15, -0.1) is 0 Å². The van der Waals surface area contributed by atoms with E-state index in [4.69, 9.17) is 4.74 Å². The molecule has 0 N–H and O–H groups in total. The SMILES string of the molecule is COc1ccc([C@@]2(C(F)(F)C(F)(F)F)[C@H]3c4ccccc4N(C)[C@H]32)cc1. The molecule has 7 heteroatoms. The second kappa shape index (κ2) is 5.11. The Labute approximate surface area is 147 Å². The molecule has 0 unspecified atom stereocenters. The lowest BCUT2D eigenvalue weighted by molar-refractivity contribution is -0.298. The number of likely N-dealkylation sites (N-methyl/N-ethyl adjacent to an activating group) is 1. The van der Waals surface area contributed by atoms with E-state index in [1.165, 1.54) is 31.4 Å². The van der Waals surface area contributed by atoms with Crippen LogP contribution in [0.3, 0.4) is 0 Å². The quantitative estimate of drug-likeness (QED) is 0.725. The van der Waals surface area contributed by atoms with Crippen molar-refractivity contribution in [2.45, 2.75) is 29.5 Å². The van der Waals surface area contributed by atoms with Gasteiger partial charge in [-0.2, -0.15) is 22.0 Å². The zero-order valence-corrected chi connectivity index (χ0v) is 14.0. The van der Waals surface area contributed by atoms with E-state index in [0.717, 1.165) is 0 Å². The van der Waals surface area contributed by atoms with Gasteiger partial charge in [0.25, 0.3) is 0 Å². The lowest BCUT2D eigenvalue weighted by Gasteiger charge is -2.35. The molecule has 0 aromatic heterocycles. The number of methoxy groups -OCH3 is 1. The molecule has 1 heterocycles. The van der Waals surface area contributed by atoms with Crippen molar-refractivity contribution in [3.8, 4) is 5.75 Å². The van der Waals surface area contributed by atoms with Gasteiger partial charge in [-0.25, -0.2) is 0 Å². The van der Waals surface area contributed by atoms with Crippen LogP contribution in [0.15, 0.2) is 48.5 Å². The molecule has 4 rings (SSSR count). The van der Waals surface area contributed by atoms with Gasteiger partial charge in [0, 0.05) is 18.7 Å². The predicted octanol–water partition coefficient (Wildman–Crippen LogP) is 4.75. The number of ether oxygens (including phenoxy) is 1. The molecule has 2 aromatic carbocycles. The number of halogens is 5. The fourth-order valence-corrected chi connectivity index (χ4v) is 4.55. The number of nitrogens with zero attached hydrogens (tertiary/aromatic N) is 1. The monoisotopic (exact) mass is 369 g/mol. The third-order valence-corrected chi connectivity index (χ3v) is 5.68. The van der Waals surface area contributed by atoms with Crippen molar-refractivity contribution < 1.29 is 26.7 Å². The summed E-state index contributed by atoms with van der Waals surface area (Å²) in [5, 5.41) is 0. The van der Waals surface area contributed by atoms with Crippen LogP contribution in [0.4, 0.5) is 27.6 Å². The Hall–Kier alpha value is -2.31. The topological polar surface area (TPSA) is 12.5 Å². The largest absolute Gasteiger partial charge is 0.497 e. The molecule has 0 radical (unpaired) electrons. The minimum atomic E-state index is -5.65. The van der Waals surface area contributed by atoms with E-state index in [-0.39, 0.29) is 5.56 Å².